The number of sulfonamides is 1. The van der Waals surface area contributed by atoms with Crippen LogP contribution in [0.3, 0.4) is 0 Å². The van der Waals surface area contributed by atoms with Gasteiger partial charge in [-0.25, -0.2) is 13.1 Å². The lowest BCUT2D eigenvalue weighted by molar-refractivity contribution is 0.281. The maximum Gasteiger partial charge on any atom is 0.241 e. The number of hydrogen-bond donors (Lipinski definition) is 2. The maximum atomic E-state index is 12.5. The van der Waals surface area contributed by atoms with Crippen LogP contribution in [0.1, 0.15) is 44.2 Å². The van der Waals surface area contributed by atoms with E-state index in [1.165, 1.54) is 0 Å². The second kappa shape index (κ2) is 6.24. The molecule has 1 aromatic rings. The highest BCUT2D eigenvalue weighted by Gasteiger charge is 2.27. The summed E-state index contributed by atoms with van der Waals surface area (Å²) in [6.07, 6.45) is 3.54. The molecule has 1 saturated carbocycles. The zero-order valence-electron chi connectivity index (χ0n) is 12.1. The Bertz CT molecular complexity index is 568. The van der Waals surface area contributed by atoms with Crippen LogP contribution in [0, 0.1) is 5.92 Å². The number of aryl methyl sites for hydroxylation is 1. The second-order valence-electron chi connectivity index (χ2n) is 5.69. The van der Waals surface area contributed by atoms with Crippen molar-refractivity contribution in [3.63, 3.8) is 0 Å². The Morgan fingerprint density at radius 1 is 1.35 bits per heavy atom. The molecule has 112 valence electrons. The van der Waals surface area contributed by atoms with Crippen LogP contribution in [0.5, 0.6) is 0 Å². The monoisotopic (exact) mass is 297 g/mol. The van der Waals surface area contributed by atoms with Gasteiger partial charge in [-0.15, -0.1) is 0 Å². The van der Waals surface area contributed by atoms with E-state index in [0.29, 0.717) is 22.8 Å². The molecule has 0 bridgehead atoms. The molecule has 20 heavy (non-hydrogen) atoms. The molecule has 1 aromatic carbocycles. The standard InChI is InChI=1S/C15H23NO3S/c1-3-13-6-5-12(10-17)9-15(13)20(18,19)16-14-7-4-11(2)8-14/h5-6,9,11,14,16-17H,3-4,7-8,10H2,1-2H3. The van der Waals surface area contributed by atoms with Crippen molar-refractivity contribution >= 4 is 10.0 Å². The molecule has 2 unspecified atom stereocenters. The second-order valence-corrected chi connectivity index (χ2v) is 7.37. The zero-order chi connectivity index (χ0) is 14.8. The predicted molar refractivity (Wildman–Crippen MR) is 78.9 cm³/mol. The summed E-state index contributed by atoms with van der Waals surface area (Å²) in [5, 5.41) is 9.20. The quantitative estimate of drug-likeness (QED) is 0.875. The highest BCUT2D eigenvalue weighted by Crippen LogP contribution is 2.27. The molecule has 0 saturated heterocycles. The largest absolute Gasteiger partial charge is 0.392 e. The lowest BCUT2D eigenvalue weighted by Crippen LogP contribution is -2.33. The Morgan fingerprint density at radius 2 is 2.10 bits per heavy atom. The fraction of sp³-hybridized carbons (Fsp3) is 0.600. The van der Waals surface area contributed by atoms with Gasteiger partial charge >= 0.3 is 0 Å². The van der Waals surface area contributed by atoms with Gasteiger partial charge in [0, 0.05) is 6.04 Å². The molecule has 1 fully saturated rings. The molecule has 0 aromatic heterocycles. The van der Waals surface area contributed by atoms with Gasteiger partial charge in [0.05, 0.1) is 11.5 Å². The van der Waals surface area contributed by atoms with Crippen molar-refractivity contribution in [3.8, 4) is 0 Å². The first-order valence-corrected chi connectivity index (χ1v) is 8.69. The van der Waals surface area contributed by atoms with Crippen molar-refractivity contribution in [2.45, 2.75) is 57.1 Å². The molecule has 4 nitrogen and oxygen atoms in total. The van der Waals surface area contributed by atoms with E-state index in [1.54, 1.807) is 18.2 Å². The van der Waals surface area contributed by atoms with E-state index in [-0.39, 0.29) is 12.6 Å². The van der Waals surface area contributed by atoms with Crippen molar-refractivity contribution in [2.75, 3.05) is 0 Å². The summed E-state index contributed by atoms with van der Waals surface area (Å²) in [6.45, 7) is 3.94. The van der Waals surface area contributed by atoms with E-state index in [1.807, 2.05) is 6.92 Å². The van der Waals surface area contributed by atoms with Gasteiger partial charge in [-0.2, -0.15) is 0 Å². The number of aliphatic hydroxyl groups is 1. The summed E-state index contributed by atoms with van der Waals surface area (Å²) >= 11 is 0. The van der Waals surface area contributed by atoms with E-state index in [9.17, 15) is 13.5 Å². The van der Waals surface area contributed by atoms with Gasteiger partial charge in [0.25, 0.3) is 0 Å². The minimum absolute atomic E-state index is 0.0393. The van der Waals surface area contributed by atoms with Gasteiger partial charge in [0.2, 0.25) is 10.0 Å². The van der Waals surface area contributed by atoms with E-state index < -0.39 is 10.0 Å². The zero-order valence-corrected chi connectivity index (χ0v) is 12.9. The van der Waals surface area contributed by atoms with Gasteiger partial charge in [0.1, 0.15) is 0 Å². The first kappa shape index (κ1) is 15.5. The van der Waals surface area contributed by atoms with Crippen LogP contribution in [0.2, 0.25) is 0 Å². The molecule has 2 atom stereocenters. The molecular formula is C15H23NO3S. The first-order chi connectivity index (χ1) is 9.46. The number of aliphatic hydroxyl groups excluding tert-OH is 1. The fourth-order valence-corrected chi connectivity index (χ4v) is 4.48. The third-order valence-electron chi connectivity index (χ3n) is 4.00. The molecule has 5 heteroatoms. The first-order valence-electron chi connectivity index (χ1n) is 7.21. The molecular weight excluding hydrogens is 274 g/mol. The van der Waals surface area contributed by atoms with Crippen molar-refractivity contribution < 1.29 is 13.5 Å². The highest BCUT2D eigenvalue weighted by atomic mass is 32.2. The lowest BCUT2D eigenvalue weighted by atomic mass is 10.1. The molecule has 0 radical (unpaired) electrons. The minimum Gasteiger partial charge on any atom is -0.392 e. The Labute approximate surface area is 121 Å². The van der Waals surface area contributed by atoms with Gasteiger partial charge in [-0.1, -0.05) is 26.0 Å². The van der Waals surface area contributed by atoms with Crippen LogP contribution < -0.4 is 4.72 Å². The van der Waals surface area contributed by atoms with Crippen LogP contribution in [0.4, 0.5) is 0 Å². The summed E-state index contributed by atoms with van der Waals surface area (Å²) in [7, 11) is -3.50. The van der Waals surface area contributed by atoms with Gasteiger partial charge in [-0.3, -0.25) is 0 Å². The lowest BCUT2D eigenvalue weighted by Gasteiger charge is -2.16. The summed E-state index contributed by atoms with van der Waals surface area (Å²) in [4.78, 5) is 0.311. The molecule has 0 aliphatic heterocycles. The van der Waals surface area contributed by atoms with Gasteiger partial charge in [-0.05, 0) is 48.8 Å². The maximum absolute atomic E-state index is 12.5. The van der Waals surface area contributed by atoms with Crippen LogP contribution in [-0.4, -0.2) is 19.6 Å². The van der Waals surface area contributed by atoms with Crippen LogP contribution in [0.25, 0.3) is 0 Å². The minimum atomic E-state index is -3.50. The summed E-state index contributed by atoms with van der Waals surface area (Å²) in [5.74, 6) is 0.581. The Kier molecular flexibility index (Phi) is 4.83. The summed E-state index contributed by atoms with van der Waals surface area (Å²) < 4.78 is 27.9. The van der Waals surface area contributed by atoms with Gasteiger partial charge in [0.15, 0.2) is 0 Å². The van der Waals surface area contributed by atoms with E-state index in [2.05, 4.69) is 11.6 Å². The SMILES string of the molecule is CCc1ccc(CO)cc1S(=O)(=O)NC1CCC(C)C1. The van der Waals surface area contributed by atoms with E-state index in [0.717, 1.165) is 24.8 Å². The summed E-state index contributed by atoms with van der Waals surface area (Å²) in [5.41, 5.74) is 1.42. The third kappa shape index (κ3) is 3.40. The normalized spacial score (nSPS) is 23.1. The Balaban J connectivity index is 2.28. The average Bonchev–Trinajstić information content (AvgIpc) is 2.82. The molecule has 0 amide bonds. The smallest absolute Gasteiger partial charge is 0.241 e. The van der Waals surface area contributed by atoms with Gasteiger partial charge < -0.3 is 5.11 Å². The number of rotatable bonds is 5. The number of hydrogen-bond acceptors (Lipinski definition) is 3. The topological polar surface area (TPSA) is 66.4 Å². The number of nitrogens with one attached hydrogen (secondary N) is 1. The van der Waals surface area contributed by atoms with Crippen LogP contribution in [0.15, 0.2) is 23.1 Å². The molecule has 2 N–H and O–H groups in total. The van der Waals surface area contributed by atoms with Crippen molar-refractivity contribution in [1.82, 2.24) is 4.72 Å². The van der Waals surface area contributed by atoms with Crippen molar-refractivity contribution in [3.05, 3.63) is 29.3 Å². The highest BCUT2D eigenvalue weighted by molar-refractivity contribution is 7.89. The Hall–Kier alpha value is -0.910. The van der Waals surface area contributed by atoms with Crippen molar-refractivity contribution in [1.29, 1.82) is 0 Å². The molecule has 0 spiro atoms. The summed E-state index contributed by atoms with van der Waals surface area (Å²) in [6, 6.07) is 5.18. The molecule has 1 aliphatic rings. The molecule has 0 heterocycles. The fourth-order valence-electron chi connectivity index (χ4n) is 2.84. The Morgan fingerprint density at radius 3 is 2.65 bits per heavy atom. The van der Waals surface area contributed by atoms with Crippen LogP contribution >= 0.6 is 0 Å². The molecule has 1 aliphatic carbocycles. The van der Waals surface area contributed by atoms with E-state index >= 15 is 0 Å². The predicted octanol–water partition coefficient (Wildman–Crippen LogP) is 2.21. The third-order valence-corrected chi connectivity index (χ3v) is 5.60. The van der Waals surface area contributed by atoms with Crippen molar-refractivity contribution in [2.24, 2.45) is 5.92 Å². The number of benzene rings is 1. The average molecular weight is 297 g/mol. The van der Waals surface area contributed by atoms with Crippen LogP contribution in [-0.2, 0) is 23.1 Å². The van der Waals surface area contributed by atoms with E-state index in [4.69, 9.17) is 0 Å². The molecule has 2 rings (SSSR count).